The molecule has 0 aliphatic heterocycles. The largest absolute Gasteiger partial charge is 0.497 e. The van der Waals surface area contributed by atoms with Gasteiger partial charge in [0, 0.05) is 13.3 Å². The molecule has 0 fully saturated rings. The van der Waals surface area contributed by atoms with Crippen LogP contribution in [0.2, 0.25) is 0 Å². The van der Waals surface area contributed by atoms with Gasteiger partial charge in [0.05, 0.1) is 19.8 Å². The number of rotatable bonds is 5. The van der Waals surface area contributed by atoms with Gasteiger partial charge in [0.1, 0.15) is 5.75 Å². The van der Waals surface area contributed by atoms with Crippen LogP contribution in [0.4, 0.5) is 0 Å². The fraction of sp³-hybridized carbons (Fsp3) is 0.417. The summed E-state index contributed by atoms with van der Waals surface area (Å²) in [5.41, 5.74) is 1.07. The van der Waals surface area contributed by atoms with Crippen LogP contribution < -0.4 is 4.74 Å². The second-order valence-corrected chi connectivity index (χ2v) is 3.36. The lowest BCUT2D eigenvalue weighted by Gasteiger charge is -2.03. The zero-order valence-electron chi connectivity index (χ0n) is 9.43. The van der Waals surface area contributed by atoms with Gasteiger partial charge in [-0.25, -0.2) is 0 Å². The normalized spacial score (nSPS) is 13.0. The van der Waals surface area contributed by atoms with Crippen molar-refractivity contribution in [3.05, 3.63) is 29.8 Å². The average Bonchev–Trinajstić information content (AvgIpc) is 2.27. The number of ether oxygens (including phenoxy) is 2. The minimum absolute atomic E-state index is 0.192. The number of nitrogens with zero attached hydrogens (tertiary/aromatic N) is 1. The van der Waals surface area contributed by atoms with Gasteiger partial charge in [0.15, 0.2) is 0 Å². The van der Waals surface area contributed by atoms with Crippen LogP contribution in [0.15, 0.2) is 29.3 Å². The Bertz CT molecular complexity index is 306. The molecule has 3 nitrogen and oxygen atoms in total. The Labute approximate surface area is 90.7 Å². The predicted octanol–water partition coefficient (Wildman–Crippen LogP) is 2.15. The molecule has 1 atom stereocenters. The molecule has 1 aromatic carbocycles. The van der Waals surface area contributed by atoms with Gasteiger partial charge < -0.3 is 9.47 Å². The fourth-order valence-electron chi connectivity index (χ4n) is 1.19. The highest BCUT2D eigenvalue weighted by atomic mass is 16.5. The summed E-state index contributed by atoms with van der Waals surface area (Å²) in [5, 5.41) is 0. The van der Waals surface area contributed by atoms with E-state index in [-0.39, 0.29) is 6.04 Å². The summed E-state index contributed by atoms with van der Waals surface area (Å²) in [6, 6.07) is 7.98. The Hall–Kier alpha value is -1.35. The predicted molar refractivity (Wildman–Crippen MR) is 61.9 cm³/mol. The Morgan fingerprint density at radius 1 is 1.27 bits per heavy atom. The van der Waals surface area contributed by atoms with Crippen molar-refractivity contribution in [1.29, 1.82) is 0 Å². The van der Waals surface area contributed by atoms with E-state index in [1.807, 2.05) is 37.4 Å². The van der Waals surface area contributed by atoms with Crippen molar-refractivity contribution in [3.8, 4) is 5.75 Å². The zero-order valence-corrected chi connectivity index (χ0v) is 9.43. The highest BCUT2D eigenvalue weighted by molar-refractivity contribution is 5.79. The molecule has 1 aromatic rings. The molecule has 0 N–H and O–H groups in total. The van der Waals surface area contributed by atoms with Gasteiger partial charge >= 0.3 is 0 Å². The first-order valence-electron chi connectivity index (χ1n) is 4.92. The molecule has 0 aliphatic rings. The molecule has 1 rings (SSSR count). The van der Waals surface area contributed by atoms with Gasteiger partial charge in [-0.3, -0.25) is 4.99 Å². The lowest BCUT2D eigenvalue weighted by Crippen LogP contribution is -2.06. The number of hydrogen-bond acceptors (Lipinski definition) is 3. The molecule has 0 spiro atoms. The van der Waals surface area contributed by atoms with Crippen molar-refractivity contribution in [2.24, 2.45) is 4.99 Å². The number of methoxy groups -OCH3 is 2. The molecule has 3 heteroatoms. The first-order chi connectivity index (χ1) is 7.26. The first kappa shape index (κ1) is 11.7. The molecule has 0 amide bonds. The van der Waals surface area contributed by atoms with Crippen molar-refractivity contribution >= 4 is 6.21 Å². The SMILES string of the molecule is COCC(C)/N=C/c1ccc(OC)cc1. The summed E-state index contributed by atoms with van der Waals surface area (Å²) in [7, 11) is 3.34. The van der Waals surface area contributed by atoms with Crippen LogP contribution >= 0.6 is 0 Å². The van der Waals surface area contributed by atoms with Crippen molar-refractivity contribution in [2.45, 2.75) is 13.0 Å². The summed E-state index contributed by atoms with van der Waals surface area (Å²) in [4.78, 5) is 4.35. The molecule has 0 saturated heterocycles. The molecular weight excluding hydrogens is 190 g/mol. The van der Waals surface area contributed by atoms with E-state index in [1.165, 1.54) is 0 Å². The van der Waals surface area contributed by atoms with Crippen LogP contribution in [0.1, 0.15) is 12.5 Å². The highest BCUT2D eigenvalue weighted by Gasteiger charge is 1.95. The molecule has 1 unspecified atom stereocenters. The second kappa shape index (κ2) is 6.19. The minimum Gasteiger partial charge on any atom is -0.497 e. The molecule has 0 radical (unpaired) electrons. The minimum atomic E-state index is 0.192. The van der Waals surface area contributed by atoms with E-state index >= 15 is 0 Å². The van der Waals surface area contributed by atoms with Crippen molar-refractivity contribution in [2.75, 3.05) is 20.8 Å². The maximum absolute atomic E-state index is 5.07. The monoisotopic (exact) mass is 207 g/mol. The van der Waals surface area contributed by atoms with Gasteiger partial charge in [-0.05, 0) is 36.8 Å². The number of hydrogen-bond donors (Lipinski definition) is 0. The standard InChI is InChI=1S/C12H17NO2/c1-10(9-14-2)13-8-11-4-6-12(15-3)7-5-11/h4-8,10H,9H2,1-3H3/b13-8+. The van der Waals surface area contributed by atoms with Crippen LogP contribution in [-0.2, 0) is 4.74 Å². The van der Waals surface area contributed by atoms with E-state index in [9.17, 15) is 0 Å². The number of benzene rings is 1. The molecule has 0 aromatic heterocycles. The van der Waals surface area contributed by atoms with Gasteiger partial charge in [0.25, 0.3) is 0 Å². The van der Waals surface area contributed by atoms with Crippen molar-refractivity contribution in [1.82, 2.24) is 0 Å². The summed E-state index contributed by atoms with van der Waals surface area (Å²) >= 11 is 0. The van der Waals surface area contributed by atoms with Gasteiger partial charge in [-0.2, -0.15) is 0 Å². The maximum atomic E-state index is 5.07. The van der Waals surface area contributed by atoms with E-state index < -0.39 is 0 Å². The Balaban J connectivity index is 2.56. The highest BCUT2D eigenvalue weighted by Crippen LogP contribution is 2.09. The Morgan fingerprint density at radius 2 is 1.93 bits per heavy atom. The third kappa shape index (κ3) is 4.13. The third-order valence-corrected chi connectivity index (χ3v) is 2.00. The molecular formula is C12H17NO2. The summed E-state index contributed by atoms with van der Waals surface area (Å²) in [6.07, 6.45) is 1.85. The smallest absolute Gasteiger partial charge is 0.118 e. The van der Waals surface area contributed by atoms with Crippen LogP contribution in [0.3, 0.4) is 0 Å². The van der Waals surface area contributed by atoms with Gasteiger partial charge in [0.2, 0.25) is 0 Å². The van der Waals surface area contributed by atoms with E-state index in [2.05, 4.69) is 4.99 Å². The third-order valence-electron chi connectivity index (χ3n) is 2.00. The molecule has 0 aliphatic carbocycles. The molecule has 0 heterocycles. The molecule has 0 bridgehead atoms. The van der Waals surface area contributed by atoms with Crippen LogP contribution in [0.5, 0.6) is 5.75 Å². The van der Waals surface area contributed by atoms with E-state index in [1.54, 1.807) is 14.2 Å². The maximum Gasteiger partial charge on any atom is 0.118 e. The van der Waals surface area contributed by atoms with Gasteiger partial charge in [-0.1, -0.05) is 0 Å². The summed E-state index contributed by atoms with van der Waals surface area (Å²) < 4.78 is 10.1. The van der Waals surface area contributed by atoms with Crippen molar-refractivity contribution in [3.63, 3.8) is 0 Å². The van der Waals surface area contributed by atoms with E-state index in [0.29, 0.717) is 6.61 Å². The summed E-state index contributed by atoms with van der Waals surface area (Å²) in [5.74, 6) is 0.858. The average molecular weight is 207 g/mol. The second-order valence-electron chi connectivity index (χ2n) is 3.36. The first-order valence-corrected chi connectivity index (χ1v) is 4.92. The fourth-order valence-corrected chi connectivity index (χ4v) is 1.19. The molecule has 0 saturated carbocycles. The topological polar surface area (TPSA) is 30.8 Å². The van der Waals surface area contributed by atoms with E-state index in [0.717, 1.165) is 11.3 Å². The zero-order chi connectivity index (χ0) is 11.1. The quantitative estimate of drug-likeness (QED) is 0.693. The Kier molecular flexibility index (Phi) is 4.84. The summed E-state index contributed by atoms with van der Waals surface area (Å²) in [6.45, 7) is 2.66. The van der Waals surface area contributed by atoms with Crippen molar-refractivity contribution < 1.29 is 9.47 Å². The number of aliphatic imine (C=N–C) groups is 1. The molecule has 82 valence electrons. The van der Waals surface area contributed by atoms with Crippen LogP contribution in [0, 0.1) is 0 Å². The Morgan fingerprint density at radius 3 is 2.47 bits per heavy atom. The lowest BCUT2D eigenvalue weighted by molar-refractivity contribution is 0.186. The van der Waals surface area contributed by atoms with Crippen LogP contribution in [0.25, 0.3) is 0 Å². The molecule has 15 heavy (non-hydrogen) atoms. The van der Waals surface area contributed by atoms with Crippen LogP contribution in [-0.4, -0.2) is 33.1 Å². The van der Waals surface area contributed by atoms with Gasteiger partial charge in [-0.15, -0.1) is 0 Å². The van der Waals surface area contributed by atoms with E-state index in [4.69, 9.17) is 9.47 Å². The lowest BCUT2D eigenvalue weighted by atomic mass is 10.2.